The number of amidine groups is 1. The number of halogens is 1. The lowest BCUT2D eigenvalue weighted by Gasteiger charge is -2.43. The predicted octanol–water partition coefficient (Wildman–Crippen LogP) is 3.34. The van der Waals surface area contributed by atoms with Crippen LogP contribution in [0.25, 0.3) is 0 Å². The number of carbonyl (C=O) groups is 3. The number of amides is 1. The van der Waals surface area contributed by atoms with Crippen molar-refractivity contribution < 1.29 is 28.6 Å². The van der Waals surface area contributed by atoms with Gasteiger partial charge in [0.25, 0.3) is 0 Å². The minimum Gasteiger partial charge on any atom is -0.478 e. The third-order valence-corrected chi connectivity index (χ3v) is 8.31. The Kier molecular flexibility index (Phi) is 8.99. The molecule has 1 aromatic heterocycles. The molecular weight excluding hydrogens is 537 g/mol. The molecule has 0 spiro atoms. The van der Waals surface area contributed by atoms with Crippen molar-refractivity contribution in [1.82, 2.24) is 15.2 Å². The maximum absolute atomic E-state index is 15.8. The second-order valence-electron chi connectivity index (χ2n) is 10.2. The van der Waals surface area contributed by atoms with E-state index in [1.54, 1.807) is 39.1 Å². The molecular formula is C28H34FN5O5S. The molecule has 0 radical (unpaired) electrons. The second-order valence-corrected chi connectivity index (χ2v) is 11.1. The van der Waals surface area contributed by atoms with E-state index in [0.29, 0.717) is 65.0 Å². The summed E-state index contributed by atoms with van der Waals surface area (Å²) in [4.78, 5) is 49.0. The van der Waals surface area contributed by atoms with Gasteiger partial charge in [0.15, 0.2) is 10.8 Å². The summed E-state index contributed by atoms with van der Waals surface area (Å²) >= 11 is 1.43. The molecule has 12 heteroatoms. The lowest BCUT2D eigenvalue weighted by molar-refractivity contribution is -0.138. The molecule has 214 valence electrons. The van der Waals surface area contributed by atoms with Crippen LogP contribution >= 0.6 is 11.3 Å². The number of hydrogen-bond acceptors (Lipinski definition) is 9. The monoisotopic (exact) mass is 571 g/mol. The van der Waals surface area contributed by atoms with E-state index in [1.807, 2.05) is 10.3 Å². The van der Waals surface area contributed by atoms with Gasteiger partial charge in [-0.3, -0.25) is 14.7 Å². The highest BCUT2D eigenvalue weighted by Gasteiger charge is 2.41. The third kappa shape index (κ3) is 6.23. The van der Waals surface area contributed by atoms with Gasteiger partial charge in [-0.05, 0) is 51.3 Å². The Hall–Kier alpha value is -3.64. The summed E-state index contributed by atoms with van der Waals surface area (Å²) in [6.07, 6.45) is 2.53. The lowest BCUT2D eigenvalue weighted by Crippen LogP contribution is -2.53. The topological polar surface area (TPSA) is 124 Å². The van der Waals surface area contributed by atoms with Crippen LogP contribution in [0.5, 0.6) is 0 Å². The zero-order valence-electron chi connectivity index (χ0n) is 23.1. The van der Waals surface area contributed by atoms with Crippen molar-refractivity contribution in [3.05, 3.63) is 56.7 Å². The number of anilines is 1. The Morgan fingerprint density at radius 3 is 2.80 bits per heavy atom. The summed E-state index contributed by atoms with van der Waals surface area (Å²) in [6.45, 7) is 8.18. The average Bonchev–Trinajstić information content (AvgIpc) is 3.44. The van der Waals surface area contributed by atoms with Crippen LogP contribution in [-0.4, -0.2) is 84.2 Å². The number of carboxylic acid groups (broad SMARTS) is 1. The van der Waals surface area contributed by atoms with Gasteiger partial charge in [-0.15, -0.1) is 11.3 Å². The number of hydrogen-bond donors (Lipinski definition) is 2. The molecule has 2 aliphatic heterocycles. The van der Waals surface area contributed by atoms with Gasteiger partial charge in [-0.2, -0.15) is 0 Å². The fourth-order valence-electron chi connectivity index (χ4n) is 5.22. The van der Waals surface area contributed by atoms with Crippen LogP contribution in [0.4, 0.5) is 10.1 Å². The highest BCUT2D eigenvalue weighted by molar-refractivity contribution is 7.11. The number of aromatic carboxylic acids is 1. The van der Waals surface area contributed by atoms with Crippen molar-refractivity contribution in [1.29, 1.82) is 0 Å². The molecule has 10 nitrogen and oxygen atoms in total. The average molecular weight is 572 g/mol. The number of benzene rings is 1. The number of rotatable bonds is 10. The third-order valence-electron chi connectivity index (χ3n) is 7.53. The number of thiazole rings is 1. The Morgan fingerprint density at radius 1 is 1.38 bits per heavy atom. The number of carboxylic acids is 1. The van der Waals surface area contributed by atoms with Gasteiger partial charge in [0.05, 0.1) is 24.3 Å². The van der Waals surface area contributed by atoms with Crippen LogP contribution in [0, 0.1) is 19.8 Å². The van der Waals surface area contributed by atoms with E-state index < -0.39 is 23.5 Å². The van der Waals surface area contributed by atoms with Crippen molar-refractivity contribution in [3.63, 3.8) is 0 Å². The Bertz CT molecular complexity index is 1340. The van der Waals surface area contributed by atoms with E-state index in [2.05, 4.69) is 15.3 Å². The highest BCUT2D eigenvalue weighted by atomic mass is 32.1. The molecule has 1 aromatic carbocycles. The fourth-order valence-corrected chi connectivity index (χ4v) is 5.81. The number of piperidine rings is 1. The smallest absolute Gasteiger partial charge is 0.337 e. The van der Waals surface area contributed by atoms with Gasteiger partial charge in [-0.1, -0.05) is 6.07 Å². The molecule has 0 aliphatic carbocycles. The van der Waals surface area contributed by atoms with Crippen LogP contribution in [0.3, 0.4) is 0 Å². The van der Waals surface area contributed by atoms with E-state index in [1.165, 1.54) is 23.2 Å². The fraction of sp³-hybridized carbons (Fsp3) is 0.464. The van der Waals surface area contributed by atoms with Crippen LogP contribution in [0.15, 0.2) is 40.0 Å². The summed E-state index contributed by atoms with van der Waals surface area (Å²) in [5.41, 5.74) is 1.11. The number of nitrogens with one attached hydrogen (secondary N) is 1. The van der Waals surface area contributed by atoms with Crippen molar-refractivity contribution in [3.8, 4) is 0 Å². The van der Waals surface area contributed by atoms with Crippen molar-refractivity contribution in [2.75, 3.05) is 44.2 Å². The Labute approximate surface area is 236 Å². The Morgan fingerprint density at radius 2 is 2.15 bits per heavy atom. The van der Waals surface area contributed by atoms with Gasteiger partial charge >= 0.3 is 11.9 Å². The summed E-state index contributed by atoms with van der Waals surface area (Å²) in [6, 6.07) is 3.35. The van der Waals surface area contributed by atoms with E-state index in [-0.39, 0.29) is 31.7 Å². The van der Waals surface area contributed by atoms with E-state index in [0.717, 1.165) is 0 Å². The predicted molar refractivity (Wildman–Crippen MR) is 151 cm³/mol. The first-order chi connectivity index (χ1) is 19.1. The van der Waals surface area contributed by atoms with Crippen molar-refractivity contribution in [2.45, 2.75) is 39.8 Å². The molecule has 2 aromatic rings. The quantitative estimate of drug-likeness (QED) is 0.329. The van der Waals surface area contributed by atoms with Crippen molar-refractivity contribution >= 4 is 41.2 Å². The standard InChI is InChI=1S/C28H34FN5O5S/c1-5-39-27(38)20-12-31-24(25-30-9-11-40-25)32-21(20)15-33-10-8-28(4,29)19(13-33)14-34(16-35)22-7-6-17(2)23(18(22)3)26(36)37/h6-7,9,11,16,19H,5,8,10,12-15H2,1-4H3,(H,31,32)(H,36,37). The maximum Gasteiger partial charge on any atom is 0.337 e. The number of esters is 1. The molecule has 2 aliphatic rings. The van der Waals surface area contributed by atoms with Crippen LogP contribution < -0.4 is 10.2 Å². The minimum absolute atomic E-state index is 0.0684. The number of carbonyl (C=O) groups excluding carboxylic acids is 2. The number of alkyl halides is 1. The second kappa shape index (κ2) is 12.3. The molecule has 0 saturated carbocycles. The molecule has 4 rings (SSSR count). The Balaban J connectivity index is 1.56. The van der Waals surface area contributed by atoms with Crippen LogP contribution in [0.1, 0.15) is 46.8 Å². The van der Waals surface area contributed by atoms with E-state index >= 15 is 4.39 Å². The van der Waals surface area contributed by atoms with Gasteiger partial charge in [0, 0.05) is 55.1 Å². The molecule has 3 heterocycles. The highest BCUT2D eigenvalue weighted by Crippen LogP contribution is 2.35. The number of aryl methyl sites for hydroxylation is 1. The van der Waals surface area contributed by atoms with Gasteiger partial charge < -0.3 is 20.1 Å². The summed E-state index contributed by atoms with van der Waals surface area (Å²) < 4.78 is 21.1. The molecule has 2 N–H and O–H groups in total. The number of ether oxygens (including phenoxy) is 1. The maximum atomic E-state index is 15.8. The van der Waals surface area contributed by atoms with Crippen LogP contribution in [0.2, 0.25) is 0 Å². The molecule has 1 saturated heterocycles. The summed E-state index contributed by atoms with van der Waals surface area (Å²) in [7, 11) is 0. The first kappa shape index (κ1) is 29.3. The molecule has 2 atom stereocenters. The van der Waals surface area contributed by atoms with Crippen molar-refractivity contribution in [2.24, 2.45) is 10.9 Å². The number of aliphatic imine (C=N–C) groups is 1. The molecule has 0 bridgehead atoms. The van der Waals surface area contributed by atoms with Crippen LogP contribution in [-0.2, 0) is 14.3 Å². The molecule has 1 amide bonds. The van der Waals surface area contributed by atoms with Gasteiger partial charge in [-0.25, -0.2) is 19.0 Å². The normalized spacial score (nSPS) is 21.4. The van der Waals surface area contributed by atoms with Gasteiger partial charge in [0.2, 0.25) is 6.41 Å². The number of likely N-dealkylation sites (tertiary alicyclic amines) is 1. The van der Waals surface area contributed by atoms with E-state index in [9.17, 15) is 19.5 Å². The van der Waals surface area contributed by atoms with E-state index in [4.69, 9.17) is 4.74 Å². The minimum atomic E-state index is -1.56. The first-order valence-corrected chi connectivity index (χ1v) is 14.0. The molecule has 1 fully saturated rings. The SMILES string of the molecule is CCOC(=O)C1=C(CN2CCC(C)(F)C(CN(C=O)c3ccc(C)c(C(=O)O)c3C)C2)NC(c2nccs2)=NC1. The lowest BCUT2D eigenvalue weighted by atomic mass is 9.83. The molecule has 2 unspecified atom stereocenters. The number of nitrogens with zero attached hydrogens (tertiary/aromatic N) is 4. The first-order valence-electron chi connectivity index (χ1n) is 13.1. The van der Waals surface area contributed by atoms with Gasteiger partial charge in [0.1, 0.15) is 5.67 Å². The summed E-state index contributed by atoms with van der Waals surface area (Å²) in [5.74, 6) is -1.53. The zero-order chi connectivity index (χ0) is 29.0. The molecule has 40 heavy (non-hydrogen) atoms. The number of aromatic nitrogens is 1. The largest absolute Gasteiger partial charge is 0.478 e. The zero-order valence-corrected chi connectivity index (χ0v) is 23.9. The summed E-state index contributed by atoms with van der Waals surface area (Å²) in [5, 5.41) is 15.5.